The van der Waals surface area contributed by atoms with Crippen LogP contribution in [0.4, 0.5) is 10.3 Å². The van der Waals surface area contributed by atoms with Crippen molar-refractivity contribution in [3.63, 3.8) is 0 Å². The lowest BCUT2D eigenvalue weighted by Gasteiger charge is -2.30. The van der Waals surface area contributed by atoms with Crippen molar-refractivity contribution in [1.29, 1.82) is 0 Å². The van der Waals surface area contributed by atoms with Crippen molar-refractivity contribution in [1.82, 2.24) is 14.9 Å². The third-order valence-corrected chi connectivity index (χ3v) is 2.29. The summed E-state index contributed by atoms with van der Waals surface area (Å²) in [6, 6.07) is 0. The Kier molecular flexibility index (Phi) is 2.51. The Labute approximate surface area is 90.7 Å². The van der Waals surface area contributed by atoms with Gasteiger partial charge in [-0.15, -0.1) is 0 Å². The molecule has 1 aromatic rings. The van der Waals surface area contributed by atoms with Gasteiger partial charge < -0.3 is 4.90 Å². The molecule has 0 saturated carbocycles. The molecule has 6 nitrogen and oxygen atoms in total. The molecule has 7 heteroatoms. The molecule has 84 valence electrons. The minimum Gasteiger partial charge on any atom is -0.322 e. The zero-order chi connectivity index (χ0) is 11.7. The second kappa shape index (κ2) is 3.84. The average molecular weight is 224 g/mol. The number of hydrogen-bond donors (Lipinski definition) is 0. The molecule has 0 unspecified atom stereocenters. The molecule has 0 aliphatic carbocycles. The summed E-state index contributed by atoms with van der Waals surface area (Å²) in [5.41, 5.74) is 0. The molecule has 0 atom stereocenters. The summed E-state index contributed by atoms with van der Waals surface area (Å²) in [4.78, 5) is 32.7. The van der Waals surface area contributed by atoms with Gasteiger partial charge in [-0.2, -0.15) is 0 Å². The van der Waals surface area contributed by atoms with E-state index in [1.54, 1.807) is 0 Å². The standard InChI is InChI=1S/C9H9FN4O2/c1-13-7(15)4-14(5-8(13)16)9-11-2-6(10)3-12-9/h2-3H,4-5H2,1H3. The van der Waals surface area contributed by atoms with Gasteiger partial charge >= 0.3 is 0 Å². The molecule has 1 aliphatic heterocycles. The van der Waals surface area contributed by atoms with E-state index in [0.717, 1.165) is 17.3 Å². The van der Waals surface area contributed by atoms with Gasteiger partial charge in [0, 0.05) is 7.05 Å². The highest BCUT2D eigenvalue weighted by atomic mass is 19.1. The largest absolute Gasteiger partial charge is 0.322 e. The smallest absolute Gasteiger partial charge is 0.248 e. The second-order valence-corrected chi connectivity index (χ2v) is 3.40. The fourth-order valence-electron chi connectivity index (χ4n) is 1.34. The molecule has 0 bridgehead atoms. The molecule has 2 heterocycles. The highest BCUT2D eigenvalue weighted by molar-refractivity contribution is 6.02. The predicted molar refractivity (Wildman–Crippen MR) is 52.0 cm³/mol. The Hall–Kier alpha value is -2.05. The summed E-state index contributed by atoms with van der Waals surface area (Å²) in [5, 5.41) is 0. The van der Waals surface area contributed by atoms with Crippen LogP contribution in [0.15, 0.2) is 12.4 Å². The summed E-state index contributed by atoms with van der Waals surface area (Å²) in [6.07, 6.45) is 1.99. The number of anilines is 1. The van der Waals surface area contributed by atoms with Gasteiger partial charge in [0.15, 0.2) is 5.82 Å². The highest BCUT2D eigenvalue weighted by Crippen LogP contribution is 2.10. The molecular formula is C9H9FN4O2. The topological polar surface area (TPSA) is 66.4 Å². The molecule has 16 heavy (non-hydrogen) atoms. The van der Waals surface area contributed by atoms with E-state index in [1.807, 2.05) is 0 Å². The van der Waals surface area contributed by atoms with Gasteiger partial charge in [-0.05, 0) is 0 Å². The van der Waals surface area contributed by atoms with Crippen molar-refractivity contribution >= 4 is 17.8 Å². The number of hydrogen-bond acceptors (Lipinski definition) is 5. The van der Waals surface area contributed by atoms with Crippen LogP contribution in [0.25, 0.3) is 0 Å². The van der Waals surface area contributed by atoms with Crippen LogP contribution in [0.2, 0.25) is 0 Å². The summed E-state index contributed by atoms with van der Waals surface area (Å²) >= 11 is 0. The maximum atomic E-state index is 12.6. The zero-order valence-electron chi connectivity index (χ0n) is 8.55. The van der Waals surface area contributed by atoms with Crippen LogP contribution in [-0.4, -0.2) is 46.8 Å². The number of carbonyl (C=O) groups is 2. The first-order valence-electron chi connectivity index (χ1n) is 4.60. The number of nitrogens with zero attached hydrogens (tertiary/aromatic N) is 4. The van der Waals surface area contributed by atoms with Gasteiger partial charge in [-0.1, -0.05) is 0 Å². The van der Waals surface area contributed by atoms with Gasteiger partial charge in [0.25, 0.3) is 0 Å². The number of carbonyl (C=O) groups excluding carboxylic acids is 2. The fraction of sp³-hybridized carbons (Fsp3) is 0.333. The van der Waals surface area contributed by atoms with E-state index < -0.39 is 5.82 Å². The Morgan fingerprint density at radius 3 is 2.19 bits per heavy atom. The van der Waals surface area contributed by atoms with Crippen LogP contribution in [-0.2, 0) is 9.59 Å². The molecule has 1 aliphatic rings. The summed E-state index contributed by atoms with van der Waals surface area (Å²) < 4.78 is 12.6. The molecule has 0 N–H and O–H groups in total. The van der Waals surface area contributed by atoms with E-state index in [0.29, 0.717) is 0 Å². The van der Waals surface area contributed by atoms with Crippen molar-refractivity contribution in [3.05, 3.63) is 18.2 Å². The van der Waals surface area contributed by atoms with Crippen molar-refractivity contribution in [3.8, 4) is 0 Å². The Morgan fingerprint density at radius 2 is 1.69 bits per heavy atom. The Balaban J connectivity index is 2.20. The molecule has 0 aromatic carbocycles. The van der Waals surface area contributed by atoms with Gasteiger partial charge in [0.1, 0.15) is 13.1 Å². The van der Waals surface area contributed by atoms with Crippen LogP contribution in [0, 0.1) is 5.82 Å². The van der Waals surface area contributed by atoms with Crippen LogP contribution < -0.4 is 4.90 Å². The van der Waals surface area contributed by atoms with Gasteiger partial charge in [-0.25, -0.2) is 14.4 Å². The number of piperazine rings is 1. The molecule has 1 aromatic heterocycles. The summed E-state index contributed by atoms with van der Waals surface area (Å²) in [6.45, 7) is 0.0434. The average Bonchev–Trinajstić information content (AvgIpc) is 2.26. The third kappa shape index (κ3) is 1.83. The van der Waals surface area contributed by atoms with E-state index in [-0.39, 0.29) is 30.9 Å². The second-order valence-electron chi connectivity index (χ2n) is 3.40. The van der Waals surface area contributed by atoms with E-state index in [9.17, 15) is 14.0 Å². The summed E-state index contributed by atoms with van der Waals surface area (Å²) in [7, 11) is 1.42. The highest BCUT2D eigenvalue weighted by Gasteiger charge is 2.29. The Bertz CT molecular complexity index is 416. The maximum Gasteiger partial charge on any atom is 0.248 e. The van der Waals surface area contributed by atoms with E-state index >= 15 is 0 Å². The van der Waals surface area contributed by atoms with Gasteiger partial charge in [-0.3, -0.25) is 14.5 Å². The van der Waals surface area contributed by atoms with Crippen molar-refractivity contribution < 1.29 is 14.0 Å². The molecule has 2 amide bonds. The maximum absolute atomic E-state index is 12.6. The van der Waals surface area contributed by atoms with Gasteiger partial charge in [0.2, 0.25) is 17.8 Å². The predicted octanol–water partition coefficient (Wildman–Crippen LogP) is -0.579. The first-order valence-corrected chi connectivity index (χ1v) is 4.60. The number of likely N-dealkylation sites (N-methyl/N-ethyl adjacent to an activating group) is 1. The number of aromatic nitrogens is 2. The number of halogens is 1. The van der Waals surface area contributed by atoms with E-state index in [1.165, 1.54) is 11.9 Å². The first kappa shape index (κ1) is 10.5. The lowest BCUT2D eigenvalue weighted by Crippen LogP contribution is -2.52. The molecule has 2 rings (SSSR count). The molecule has 0 spiro atoms. The van der Waals surface area contributed by atoms with Gasteiger partial charge in [0.05, 0.1) is 12.4 Å². The number of imide groups is 1. The van der Waals surface area contributed by atoms with Crippen molar-refractivity contribution in [2.45, 2.75) is 0 Å². The van der Waals surface area contributed by atoms with E-state index in [2.05, 4.69) is 9.97 Å². The van der Waals surface area contributed by atoms with Crippen molar-refractivity contribution in [2.24, 2.45) is 0 Å². The molecule has 0 radical (unpaired) electrons. The summed E-state index contributed by atoms with van der Waals surface area (Å²) in [5.74, 6) is -1.04. The lowest BCUT2D eigenvalue weighted by atomic mass is 10.3. The Morgan fingerprint density at radius 1 is 1.19 bits per heavy atom. The minimum absolute atomic E-state index is 0.0217. The molecule has 1 saturated heterocycles. The molecule has 1 fully saturated rings. The van der Waals surface area contributed by atoms with Crippen LogP contribution in [0.1, 0.15) is 0 Å². The number of rotatable bonds is 1. The fourth-order valence-corrected chi connectivity index (χ4v) is 1.34. The van der Waals surface area contributed by atoms with E-state index in [4.69, 9.17) is 0 Å². The SMILES string of the molecule is CN1C(=O)CN(c2ncc(F)cn2)CC1=O. The minimum atomic E-state index is -0.560. The van der Waals surface area contributed by atoms with Crippen LogP contribution >= 0.6 is 0 Å². The monoisotopic (exact) mass is 224 g/mol. The number of amides is 2. The first-order chi connectivity index (χ1) is 7.58. The zero-order valence-corrected chi connectivity index (χ0v) is 8.55. The van der Waals surface area contributed by atoms with Crippen molar-refractivity contribution in [2.75, 3.05) is 25.0 Å². The normalized spacial score (nSPS) is 16.9. The third-order valence-electron chi connectivity index (χ3n) is 2.29. The lowest BCUT2D eigenvalue weighted by molar-refractivity contribution is -0.143. The van der Waals surface area contributed by atoms with Crippen LogP contribution in [0.3, 0.4) is 0 Å². The molecular weight excluding hydrogens is 215 g/mol. The quantitative estimate of drug-likeness (QED) is 0.597. The van der Waals surface area contributed by atoms with Crippen LogP contribution in [0.5, 0.6) is 0 Å².